The molecule has 0 bridgehead atoms. The van der Waals surface area contributed by atoms with Gasteiger partial charge in [-0.15, -0.1) is 0 Å². The van der Waals surface area contributed by atoms with Crippen molar-refractivity contribution >= 4 is 6.21 Å². The fraction of sp³-hybridized carbons (Fsp3) is 0.500. The van der Waals surface area contributed by atoms with Gasteiger partial charge in [0.05, 0.1) is 30.9 Å². The summed E-state index contributed by atoms with van der Waals surface area (Å²) >= 11 is 0. The Morgan fingerprint density at radius 2 is 2.67 bits per heavy atom. The van der Waals surface area contributed by atoms with E-state index in [0.717, 1.165) is 12.1 Å². The highest BCUT2D eigenvalue weighted by atomic mass is 16.3. The minimum absolute atomic E-state index is 0.00769. The van der Waals surface area contributed by atoms with Crippen LogP contribution in [0.25, 0.3) is 0 Å². The summed E-state index contributed by atoms with van der Waals surface area (Å²) in [6, 6.07) is 0.00769. The number of rotatable bonds is 4. The molecule has 1 aromatic heterocycles. The van der Waals surface area contributed by atoms with Gasteiger partial charge in [0.25, 0.3) is 0 Å². The maximum atomic E-state index is 8.82. The molecule has 0 unspecified atom stereocenters. The third-order valence-electron chi connectivity index (χ3n) is 1.63. The Morgan fingerprint density at radius 1 is 1.83 bits per heavy atom. The van der Waals surface area contributed by atoms with Crippen LogP contribution in [0.15, 0.2) is 17.5 Å². The zero-order chi connectivity index (χ0) is 8.81. The van der Waals surface area contributed by atoms with Gasteiger partial charge in [-0.1, -0.05) is 6.92 Å². The van der Waals surface area contributed by atoms with Crippen molar-refractivity contribution in [2.45, 2.75) is 19.4 Å². The van der Waals surface area contributed by atoms with Gasteiger partial charge in [-0.2, -0.15) is 0 Å². The zero-order valence-corrected chi connectivity index (χ0v) is 7.07. The fourth-order valence-corrected chi connectivity index (χ4v) is 0.805. The second kappa shape index (κ2) is 4.66. The molecule has 0 spiro atoms. The molecule has 0 saturated carbocycles. The molecule has 0 amide bonds. The summed E-state index contributed by atoms with van der Waals surface area (Å²) < 4.78 is 0. The molecule has 0 aliphatic heterocycles. The normalized spacial score (nSPS) is 13.8. The number of H-pyrrole nitrogens is 1. The van der Waals surface area contributed by atoms with Crippen molar-refractivity contribution in [3.63, 3.8) is 0 Å². The van der Waals surface area contributed by atoms with Crippen molar-refractivity contribution in [2.75, 3.05) is 6.61 Å². The average Bonchev–Trinajstić information content (AvgIpc) is 2.59. The zero-order valence-electron chi connectivity index (χ0n) is 7.07. The number of aromatic amines is 1. The molecule has 12 heavy (non-hydrogen) atoms. The molecule has 0 aliphatic carbocycles. The Bertz CT molecular complexity index is 226. The van der Waals surface area contributed by atoms with Gasteiger partial charge in [0.15, 0.2) is 0 Å². The van der Waals surface area contributed by atoms with Crippen molar-refractivity contribution in [3.8, 4) is 0 Å². The van der Waals surface area contributed by atoms with Gasteiger partial charge in [-0.3, -0.25) is 4.99 Å². The van der Waals surface area contributed by atoms with Crippen molar-refractivity contribution in [1.82, 2.24) is 9.97 Å². The fourth-order valence-electron chi connectivity index (χ4n) is 0.805. The van der Waals surface area contributed by atoms with Crippen LogP contribution in [0, 0.1) is 0 Å². The number of aliphatic hydroxyl groups excluding tert-OH is 1. The molecule has 0 radical (unpaired) electrons. The van der Waals surface area contributed by atoms with Gasteiger partial charge in [0.2, 0.25) is 0 Å². The number of hydrogen-bond donors (Lipinski definition) is 2. The first-order chi connectivity index (χ1) is 5.86. The molecular formula is C8H13N3O. The van der Waals surface area contributed by atoms with Crippen molar-refractivity contribution in [1.29, 1.82) is 0 Å². The number of aliphatic hydroxyl groups is 1. The molecular weight excluding hydrogens is 154 g/mol. The Balaban J connectivity index is 2.49. The van der Waals surface area contributed by atoms with E-state index in [1.807, 2.05) is 6.92 Å². The van der Waals surface area contributed by atoms with Crippen molar-refractivity contribution in [2.24, 2.45) is 4.99 Å². The summed E-state index contributed by atoms with van der Waals surface area (Å²) in [5, 5.41) is 8.82. The summed E-state index contributed by atoms with van der Waals surface area (Å²) in [5.74, 6) is 0. The van der Waals surface area contributed by atoms with Crippen LogP contribution >= 0.6 is 0 Å². The molecule has 66 valence electrons. The molecule has 0 aromatic carbocycles. The first kappa shape index (κ1) is 8.93. The molecule has 4 nitrogen and oxygen atoms in total. The standard InChI is InChI=1S/C8H13N3O/c1-2-7(5-12)10-4-8-3-9-6-11-8/h3-4,6-7,12H,2,5H2,1H3,(H,9,11)/b10-4-/t7-/m1/s1. The number of hydrogen-bond acceptors (Lipinski definition) is 3. The van der Waals surface area contributed by atoms with Crippen LogP contribution in [0.4, 0.5) is 0 Å². The van der Waals surface area contributed by atoms with Gasteiger partial charge in [-0.25, -0.2) is 4.98 Å². The third-order valence-corrected chi connectivity index (χ3v) is 1.63. The van der Waals surface area contributed by atoms with E-state index < -0.39 is 0 Å². The highest BCUT2D eigenvalue weighted by molar-refractivity contribution is 5.76. The minimum atomic E-state index is 0.00769. The van der Waals surface area contributed by atoms with Gasteiger partial charge in [0, 0.05) is 6.21 Å². The van der Waals surface area contributed by atoms with E-state index in [-0.39, 0.29) is 12.6 Å². The second-order valence-electron chi connectivity index (χ2n) is 2.53. The maximum absolute atomic E-state index is 8.82. The maximum Gasteiger partial charge on any atom is 0.0924 e. The van der Waals surface area contributed by atoms with Crippen LogP contribution in [0.2, 0.25) is 0 Å². The third kappa shape index (κ3) is 2.47. The summed E-state index contributed by atoms with van der Waals surface area (Å²) in [7, 11) is 0. The van der Waals surface area contributed by atoms with Crippen LogP contribution < -0.4 is 0 Å². The molecule has 0 fully saturated rings. The molecule has 2 N–H and O–H groups in total. The number of imidazole rings is 1. The van der Waals surface area contributed by atoms with E-state index in [4.69, 9.17) is 5.11 Å². The summed E-state index contributed by atoms with van der Waals surface area (Å²) in [4.78, 5) is 10.9. The summed E-state index contributed by atoms with van der Waals surface area (Å²) in [5.41, 5.74) is 0.863. The number of nitrogens with zero attached hydrogens (tertiary/aromatic N) is 2. The van der Waals surface area contributed by atoms with Crippen LogP contribution in [0.1, 0.15) is 19.0 Å². The topological polar surface area (TPSA) is 61.3 Å². The first-order valence-corrected chi connectivity index (χ1v) is 3.99. The second-order valence-corrected chi connectivity index (χ2v) is 2.53. The lowest BCUT2D eigenvalue weighted by Crippen LogP contribution is -2.08. The lowest BCUT2D eigenvalue weighted by atomic mass is 10.2. The molecule has 1 rings (SSSR count). The molecule has 1 heterocycles. The first-order valence-electron chi connectivity index (χ1n) is 3.99. The average molecular weight is 167 g/mol. The van der Waals surface area contributed by atoms with E-state index in [1.54, 1.807) is 18.7 Å². The SMILES string of the molecule is CC[C@H](CO)/N=C\c1cnc[nH]1. The highest BCUT2D eigenvalue weighted by Gasteiger charge is 1.98. The smallest absolute Gasteiger partial charge is 0.0924 e. The lowest BCUT2D eigenvalue weighted by Gasteiger charge is -2.02. The van der Waals surface area contributed by atoms with Crippen LogP contribution in [-0.4, -0.2) is 33.9 Å². The van der Waals surface area contributed by atoms with E-state index in [2.05, 4.69) is 15.0 Å². The largest absolute Gasteiger partial charge is 0.394 e. The highest BCUT2D eigenvalue weighted by Crippen LogP contribution is 1.95. The van der Waals surface area contributed by atoms with Crippen LogP contribution in [0.3, 0.4) is 0 Å². The summed E-state index contributed by atoms with van der Waals surface area (Å²) in [6.45, 7) is 2.09. The lowest BCUT2D eigenvalue weighted by molar-refractivity contribution is 0.264. The van der Waals surface area contributed by atoms with Crippen molar-refractivity contribution in [3.05, 3.63) is 18.2 Å². The van der Waals surface area contributed by atoms with E-state index in [1.165, 1.54) is 0 Å². The number of nitrogens with one attached hydrogen (secondary N) is 1. The van der Waals surface area contributed by atoms with Crippen LogP contribution in [0.5, 0.6) is 0 Å². The monoisotopic (exact) mass is 167 g/mol. The van der Waals surface area contributed by atoms with Gasteiger partial charge in [-0.05, 0) is 6.42 Å². The number of aromatic nitrogens is 2. The molecule has 1 atom stereocenters. The van der Waals surface area contributed by atoms with E-state index >= 15 is 0 Å². The molecule has 0 saturated heterocycles. The van der Waals surface area contributed by atoms with E-state index in [0.29, 0.717) is 0 Å². The predicted molar refractivity (Wildman–Crippen MR) is 47.3 cm³/mol. The Morgan fingerprint density at radius 3 is 3.17 bits per heavy atom. The molecule has 1 aromatic rings. The predicted octanol–water partition coefficient (Wildman–Crippen LogP) is 0.600. The van der Waals surface area contributed by atoms with Gasteiger partial charge in [0.1, 0.15) is 0 Å². The minimum Gasteiger partial charge on any atom is -0.394 e. The summed E-state index contributed by atoms with van der Waals surface area (Å²) in [6.07, 6.45) is 5.83. The van der Waals surface area contributed by atoms with E-state index in [9.17, 15) is 0 Å². The quantitative estimate of drug-likeness (QED) is 0.645. The Labute approximate surface area is 71.4 Å². The Hall–Kier alpha value is -1.16. The van der Waals surface area contributed by atoms with Crippen LogP contribution in [-0.2, 0) is 0 Å². The molecule has 4 heteroatoms. The van der Waals surface area contributed by atoms with Crippen molar-refractivity contribution < 1.29 is 5.11 Å². The Kier molecular flexibility index (Phi) is 3.47. The van der Waals surface area contributed by atoms with Gasteiger partial charge < -0.3 is 10.1 Å². The molecule has 0 aliphatic rings. The number of aliphatic imine (C=N–C) groups is 1. The van der Waals surface area contributed by atoms with Gasteiger partial charge >= 0.3 is 0 Å².